The van der Waals surface area contributed by atoms with Gasteiger partial charge in [0.2, 0.25) is 10.0 Å². The lowest BCUT2D eigenvalue weighted by Crippen LogP contribution is -2.53. The van der Waals surface area contributed by atoms with E-state index in [4.69, 9.17) is 24.5 Å². The summed E-state index contributed by atoms with van der Waals surface area (Å²) in [5.74, 6) is -5.27. The monoisotopic (exact) mass is 553 g/mol. The Labute approximate surface area is 202 Å². The molecule has 1 aromatic rings. The van der Waals surface area contributed by atoms with E-state index in [1.165, 1.54) is 6.26 Å². The van der Waals surface area contributed by atoms with Gasteiger partial charge in [-0.05, 0) is 18.1 Å². The summed E-state index contributed by atoms with van der Waals surface area (Å²) >= 11 is 0. The molecule has 2 saturated heterocycles. The first-order chi connectivity index (χ1) is 16.4. The Kier molecular flexibility index (Phi) is 11.1. The molecule has 206 valence electrons. The fourth-order valence-corrected chi connectivity index (χ4v) is 4.93. The van der Waals surface area contributed by atoms with Gasteiger partial charge in [-0.1, -0.05) is 6.07 Å². The average Bonchev–Trinajstić information content (AvgIpc) is 3.15. The van der Waals surface area contributed by atoms with Crippen molar-refractivity contribution in [3.8, 4) is 0 Å². The van der Waals surface area contributed by atoms with Crippen LogP contribution >= 0.6 is 0 Å². The van der Waals surface area contributed by atoms with Crippen LogP contribution in [-0.2, 0) is 30.9 Å². The SMILES string of the molecule is CO[C@H]1CCN(S(C)(=O)=O)[C@@H]2CN(Cc3cccnc3)C[C@H]12.O=C(O)C(F)(F)F.O=C(O)C(F)(F)F. The Hall–Kier alpha value is -2.50. The second-order valence-corrected chi connectivity index (χ2v) is 9.76. The summed E-state index contributed by atoms with van der Waals surface area (Å²) in [4.78, 5) is 24.2. The van der Waals surface area contributed by atoms with Gasteiger partial charge in [0.05, 0.1) is 12.4 Å². The van der Waals surface area contributed by atoms with Gasteiger partial charge in [0, 0.05) is 57.6 Å². The van der Waals surface area contributed by atoms with Crippen molar-refractivity contribution in [2.45, 2.75) is 37.5 Å². The Bertz CT molecular complexity index is 952. The van der Waals surface area contributed by atoms with E-state index in [1.807, 2.05) is 12.3 Å². The number of hydrogen-bond donors (Lipinski definition) is 2. The highest BCUT2D eigenvalue weighted by atomic mass is 32.2. The van der Waals surface area contributed by atoms with Gasteiger partial charge in [-0.2, -0.15) is 30.6 Å². The zero-order valence-corrected chi connectivity index (χ0v) is 19.8. The predicted molar refractivity (Wildman–Crippen MR) is 111 cm³/mol. The number of alkyl halides is 6. The van der Waals surface area contributed by atoms with E-state index in [0.717, 1.165) is 31.6 Å². The molecule has 2 aliphatic heterocycles. The van der Waals surface area contributed by atoms with E-state index in [2.05, 4.69) is 16.0 Å². The molecular formula is C19H25F6N3O7S. The molecule has 3 heterocycles. The molecule has 3 atom stereocenters. The molecule has 17 heteroatoms. The third kappa shape index (κ3) is 9.87. The molecule has 0 spiro atoms. The fourth-order valence-electron chi connectivity index (χ4n) is 3.78. The number of aromatic nitrogens is 1. The number of methoxy groups -OCH3 is 1. The first kappa shape index (κ1) is 31.5. The molecule has 1 aromatic heterocycles. The maximum absolute atomic E-state index is 12.0. The zero-order valence-electron chi connectivity index (χ0n) is 19.0. The van der Waals surface area contributed by atoms with Gasteiger partial charge in [0.1, 0.15) is 0 Å². The number of nitrogens with zero attached hydrogens (tertiary/aromatic N) is 3. The highest BCUT2D eigenvalue weighted by molar-refractivity contribution is 7.88. The molecule has 0 bridgehead atoms. The highest BCUT2D eigenvalue weighted by Gasteiger charge is 2.47. The van der Waals surface area contributed by atoms with Crippen LogP contribution in [0.5, 0.6) is 0 Å². The molecule has 0 aromatic carbocycles. The highest BCUT2D eigenvalue weighted by Crippen LogP contribution is 2.34. The number of hydrogen-bond acceptors (Lipinski definition) is 7. The number of fused-ring (bicyclic) bond motifs is 1. The van der Waals surface area contributed by atoms with E-state index >= 15 is 0 Å². The molecule has 0 radical (unpaired) electrons. The number of sulfonamides is 1. The van der Waals surface area contributed by atoms with Gasteiger partial charge < -0.3 is 14.9 Å². The molecule has 2 fully saturated rings. The molecule has 3 rings (SSSR count). The predicted octanol–water partition coefficient (Wildman–Crippen LogP) is 1.83. The number of ether oxygens (including phenoxy) is 1. The maximum Gasteiger partial charge on any atom is 0.490 e. The van der Waals surface area contributed by atoms with Crippen molar-refractivity contribution < 1.29 is 59.3 Å². The van der Waals surface area contributed by atoms with Crippen LogP contribution in [0.3, 0.4) is 0 Å². The normalized spacial score (nSPS) is 22.9. The van der Waals surface area contributed by atoms with E-state index in [0.29, 0.717) is 6.54 Å². The van der Waals surface area contributed by atoms with Crippen LogP contribution in [0.25, 0.3) is 0 Å². The van der Waals surface area contributed by atoms with Crippen LogP contribution in [0.15, 0.2) is 24.5 Å². The number of likely N-dealkylation sites (tertiary alicyclic amines) is 1. The number of carbonyl (C=O) groups is 2. The number of halogens is 6. The van der Waals surface area contributed by atoms with Gasteiger partial charge in [-0.3, -0.25) is 9.88 Å². The number of rotatable bonds is 4. The quantitative estimate of drug-likeness (QED) is 0.535. The van der Waals surface area contributed by atoms with Crippen LogP contribution in [0, 0.1) is 5.92 Å². The van der Waals surface area contributed by atoms with Gasteiger partial charge in [-0.25, -0.2) is 18.0 Å². The summed E-state index contributed by atoms with van der Waals surface area (Å²) in [6.45, 7) is 2.98. The van der Waals surface area contributed by atoms with E-state index in [1.54, 1.807) is 17.6 Å². The van der Waals surface area contributed by atoms with Crippen molar-refractivity contribution in [1.29, 1.82) is 0 Å². The van der Waals surface area contributed by atoms with E-state index in [-0.39, 0.29) is 18.1 Å². The molecule has 0 amide bonds. The molecule has 36 heavy (non-hydrogen) atoms. The minimum absolute atomic E-state index is 0.0189. The summed E-state index contributed by atoms with van der Waals surface area (Å²) in [5.41, 5.74) is 1.15. The number of carboxylic acids is 2. The van der Waals surface area contributed by atoms with Crippen LogP contribution < -0.4 is 0 Å². The van der Waals surface area contributed by atoms with Crippen LogP contribution in [0.4, 0.5) is 26.3 Å². The lowest BCUT2D eigenvalue weighted by atomic mass is 9.91. The topological polar surface area (TPSA) is 137 Å². The summed E-state index contributed by atoms with van der Waals surface area (Å²) in [6, 6.07) is 4.00. The van der Waals surface area contributed by atoms with Gasteiger partial charge >= 0.3 is 24.3 Å². The smallest absolute Gasteiger partial charge is 0.475 e. The zero-order chi connectivity index (χ0) is 27.9. The molecule has 10 nitrogen and oxygen atoms in total. The molecule has 0 saturated carbocycles. The van der Waals surface area contributed by atoms with Crippen LogP contribution in [0.1, 0.15) is 12.0 Å². The first-order valence-corrected chi connectivity index (χ1v) is 11.9. The number of piperidine rings is 1. The van der Waals surface area contributed by atoms with Gasteiger partial charge in [0.15, 0.2) is 0 Å². The van der Waals surface area contributed by atoms with E-state index in [9.17, 15) is 34.8 Å². The minimum Gasteiger partial charge on any atom is -0.475 e. The summed E-state index contributed by atoms with van der Waals surface area (Å²) in [7, 11) is -1.45. The standard InChI is InChI=1S/C15H23N3O3S.2C2HF3O2/c1-21-15-5-7-18(22(2,19)20)14-11-17(10-13(14)15)9-12-4-3-6-16-8-12;2*3-2(4,5)1(6)7/h3-4,6,8,13-15H,5,7,9-11H2,1-2H3;2*(H,6,7)/t13-,14+,15-;;/m0../s1. The Morgan fingerprint density at radius 2 is 1.64 bits per heavy atom. The number of carboxylic acid groups (broad SMARTS) is 2. The Balaban J connectivity index is 0.000000383. The second-order valence-electron chi connectivity index (χ2n) is 7.83. The largest absolute Gasteiger partial charge is 0.490 e. The molecule has 0 aliphatic carbocycles. The summed E-state index contributed by atoms with van der Waals surface area (Å²) in [5, 5.41) is 14.2. The Morgan fingerprint density at radius 3 is 2.03 bits per heavy atom. The van der Waals surface area contributed by atoms with Crippen molar-refractivity contribution in [3.63, 3.8) is 0 Å². The number of aliphatic carboxylic acids is 2. The molecule has 2 aliphatic rings. The van der Waals surface area contributed by atoms with Crippen molar-refractivity contribution in [2.24, 2.45) is 5.92 Å². The van der Waals surface area contributed by atoms with E-state index < -0.39 is 34.3 Å². The van der Waals surface area contributed by atoms with Crippen molar-refractivity contribution in [1.82, 2.24) is 14.2 Å². The fraction of sp³-hybridized carbons (Fsp3) is 0.632. The average molecular weight is 553 g/mol. The molecule has 0 unspecified atom stereocenters. The number of pyridine rings is 1. The third-order valence-electron chi connectivity index (χ3n) is 5.23. The van der Waals surface area contributed by atoms with Crippen molar-refractivity contribution in [2.75, 3.05) is 33.0 Å². The lowest BCUT2D eigenvalue weighted by molar-refractivity contribution is -0.193. The van der Waals surface area contributed by atoms with Gasteiger partial charge in [0.25, 0.3) is 0 Å². The van der Waals surface area contributed by atoms with Crippen LogP contribution in [-0.4, -0.2) is 102 Å². The van der Waals surface area contributed by atoms with Crippen molar-refractivity contribution in [3.05, 3.63) is 30.1 Å². The minimum atomic E-state index is -5.08. The molecular weight excluding hydrogens is 528 g/mol. The van der Waals surface area contributed by atoms with Crippen molar-refractivity contribution >= 4 is 22.0 Å². The third-order valence-corrected chi connectivity index (χ3v) is 6.54. The Morgan fingerprint density at radius 1 is 1.11 bits per heavy atom. The maximum atomic E-state index is 12.0. The molecule has 2 N–H and O–H groups in total. The summed E-state index contributed by atoms with van der Waals surface area (Å²) in [6.07, 6.45) is -4.32. The summed E-state index contributed by atoms with van der Waals surface area (Å²) < 4.78 is 94.8. The second kappa shape index (κ2) is 12.6. The van der Waals surface area contributed by atoms with Gasteiger partial charge in [-0.15, -0.1) is 0 Å². The van der Waals surface area contributed by atoms with Crippen LogP contribution in [0.2, 0.25) is 0 Å². The lowest BCUT2D eigenvalue weighted by Gasteiger charge is -2.39. The first-order valence-electron chi connectivity index (χ1n) is 10.1.